The molecule has 182 valence electrons. The summed E-state index contributed by atoms with van der Waals surface area (Å²) in [5, 5.41) is 19.3. The number of rotatable bonds is 6. The second-order valence-electron chi connectivity index (χ2n) is 9.87. The van der Waals surface area contributed by atoms with Gasteiger partial charge in [0.1, 0.15) is 17.8 Å². The zero-order valence-corrected chi connectivity index (χ0v) is 20.5. The summed E-state index contributed by atoms with van der Waals surface area (Å²) in [7, 11) is 2.14. The largest absolute Gasteiger partial charge is 0.472 e. The molecular formula is C26H39N3O4. The number of carbonyl (C=O) groups excluding carboxylic acids is 1. The average molecular weight is 458 g/mol. The van der Waals surface area contributed by atoms with Crippen molar-refractivity contribution in [2.75, 3.05) is 33.3 Å². The number of amides is 1. The van der Waals surface area contributed by atoms with Crippen LogP contribution in [-0.2, 0) is 0 Å². The monoisotopic (exact) mass is 457 g/mol. The van der Waals surface area contributed by atoms with Gasteiger partial charge in [0.25, 0.3) is 5.91 Å². The summed E-state index contributed by atoms with van der Waals surface area (Å²) in [5.41, 5.74) is 0.891. The van der Waals surface area contributed by atoms with Crippen LogP contribution in [0, 0.1) is 23.7 Å². The molecule has 0 spiro atoms. The Morgan fingerprint density at radius 3 is 2.67 bits per heavy atom. The summed E-state index contributed by atoms with van der Waals surface area (Å²) in [6.07, 6.45) is 7.25. The first-order valence-electron chi connectivity index (χ1n) is 12.2. The molecular weight excluding hydrogens is 418 g/mol. The second-order valence-corrected chi connectivity index (χ2v) is 9.87. The van der Waals surface area contributed by atoms with Crippen LogP contribution in [0.3, 0.4) is 0 Å². The van der Waals surface area contributed by atoms with Gasteiger partial charge in [0.05, 0.1) is 12.6 Å². The molecule has 2 N–H and O–H groups in total. The van der Waals surface area contributed by atoms with Gasteiger partial charge in [0, 0.05) is 37.3 Å². The van der Waals surface area contributed by atoms with E-state index in [-0.39, 0.29) is 30.6 Å². The summed E-state index contributed by atoms with van der Waals surface area (Å²) in [5.74, 6) is 6.44. The Balaban J connectivity index is 1.86. The Hall–Kier alpha value is -2.14. The maximum Gasteiger partial charge on any atom is 0.259 e. The van der Waals surface area contributed by atoms with E-state index in [0.29, 0.717) is 23.6 Å². The van der Waals surface area contributed by atoms with Crippen molar-refractivity contribution in [1.82, 2.24) is 14.8 Å². The lowest BCUT2D eigenvalue weighted by Gasteiger charge is -2.38. The Bertz CT molecular complexity index is 857. The van der Waals surface area contributed by atoms with E-state index in [2.05, 4.69) is 35.7 Å². The van der Waals surface area contributed by atoms with E-state index >= 15 is 0 Å². The highest BCUT2D eigenvalue weighted by Crippen LogP contribution is 2.28. The predicted molar refractivity (Wildman–Crippen MR) is 128 cm³/mol. The van der Waals surface area contributed by atoms with E-state index in [4.69, 9.17) is 4.74 Å². The molecule has 0 aromatic carbocycles. The van der Waals surface area contributed by atoms with Gasteiger partial charge in [-0.05, 0) is 45.7 Å². The van der Waals surface area contributed by atoms with Crippen LogP contribution < -0.4 is 4.74 Å². The fraction of sp³-hybridized carbons (Fsp3) is 0.692. The number of aromatic nitrogens is 1. The minimum Gasteiger partial charge on any atom is -0.472 e. The van der Waals surface area contributed by atoms with Gasteiger partial charge in [-0.3, -0.25) is 4.79 Å². The van der Waals surface area contributed by atoms with E-state index in [1.165, 1.54) is 32.1 Å². The predicted octanol–water partition coefficient (Wildman–Crippen LogP) is 2.55. The molecule has 0 saturated heterocycles. The smallest absolute Gasteiger partial charge is 0.259 e. The minimum absolute atomic E-state index is 0.0708. The first-order chi connectivity index (χ1) is 15.8. The molecule has 2 aliphatic rings. The molecule has 1 aliphatic heterocycles. The van der Waals surface area contributed by atoms with E-state index in [0.717, 1.165) is 19.0 Å². The van der Waals surface area contributed by atoms with Crippen molar-refractivity contribution < 1.29 is 19.7 Å². The third kappa shape index (κ3) is 6.92. The fourth-order valence-electron chi connectivity index (χ4n) is 4.77. The molecule has 2 heterocycles. The first-order valence-corrected chi connectivity index (χ1v) is 12.2. The SMILES string of the molecule is C[C@@H]1CN([C@H](C)CO)C(=O)c2cc(C#C[C@@H](C)O)cnc2O[C@H]1CN(C)CC1CCCCC1. The van der Waals surface area contributed by atoms with Crippen LogP contribution in [0.4, 0.5) is 0 Å². The van der Waals surface area contributed by atoms with Crippen LogP contribution in [0.2, 0.25) is 0 Å². The van der Waals surface area contributed by atoms with Gasteiger partial charge in [-0.25, -0.2) is 4.98 Å². The molecule has 0 radical (unpaired) electrons. The van der Waals surface area contributed by atoms with Crippen LogP contribution >= 0.6 is 0 Å². The number of pyridine rings is 1. The van der Waals surface area contributed by atoms with E-state index in [1.807, 2.05) is 6.92 Å². The lowest BCUT2D eigenvalue weighted by Crippen LogP contribution is -2.50. The third-order valence-electron chi connectivity index (χ3n) is 6.73. The molecule has 1 amide bonds. The van der Waals surface area contributed by atoms with Crippen LogP contribution in [-0.4, -0.2) is 82.4 Å². The summed E-state index contributed by atoms with van der Waals surface area (Å²) >= 11 is 0. The molecule has 3 rings (SSSR count). The summed E-state index contributed by atoms with van der Waals surface area (Å²) in [6.45, 7) is 7.71. The summed E-state index contributed by atoms with van der Waals surface area (Å²) < 4.78 is 6.36. The highest BCUT2D eigenvalue weighted by molar-refractivity contribution is 5.97. The van der Waals surface area contributed by atoms with Crippen LogP contribution in [0.1, 0.15) is 68.8 Å². The van der Waals surface area contributed by atoms with Crippen molar-refractivity contribution in [3.05, 3.63) is 23.4 Å². The van der Waals surface area contributed by atoms with Crippen molar-refractivity contribution >= 4 is 5.91 Å². The maximum atomic E-state index is 13.4. The van der Waals surface area contributed by atoms with Gasteiger partial charge in [0.2, 0.25) is 5.88 Å². The quantitative estimate of drug-likeness (QED) is 0.639. The molecule has 7 nitrogen and oxygen atoms in total. The number of fused-ring (bicyclic) bond motifs is 1. The Labute approximate surface area is 198 Å². The number of nitrogens with zero attached hydrogens (tertiary/aromatic N) is 3. The summed E-state index contributed by atoms with van der Waals surface area (Å²) in [6, 6.07) is 1.36. The molecule has 1 aliphatic carbocycles. The zero-order chi connectivity index (χ0) is 24.0. The topological polar surface area (TPSA) is 86.1 Å². The molecule has 7 heteroatoms. The molecule has 0 bridgehead atoms. The third-order valence-corrected chi connectivity index (χ3v) is 6.73. The van der Waals surface area contributed by atoms with Gasteiger partial charge < -0.3 is 24.7 Å². The van der Waals surface area contributed by atoms with Crippen molar-refractivity contribution in [3.63, 3.8) is 0 Å². The Morgan fingerprint density at radius 1 is 1.27 bits per heavy atom. The van der Waals surface area contributed by atoms with Gasteiger partial charge in [-0.1, -0.05) is 38.0 Å². The second kappa shape index (κ2) is 11.8. The van der Waals surface area contributed by atoms with Gasteiger partial charge >= 0.3 is 0 Å². The Morgan fingerprint density at radius 2 is 2.00 bits per heavy atom. The minimum atomic E-state index is -0.769. The number of aliphatic hydroxyl groups is 2. The maximum absolute atomic E-state index is 13.4. The highest BCUT2D eigenvalue weighted by Gasteiger charge is 2.34. The van der Waals surface area contributed by atoms with Crippen LogP contribution in [0.15, 0.2) is 12.3 Å². The van der Waals surface area contributed by atoms with Crippen molar-refractivity contribution in [2.45, 2.75) is 71.1 Å². The number of aliphatic hydroxyl groups excluding tert-OH is 2. The lowest BCUT2D eigenvalue weighted by molar-refractivity contribution is 0.0314. The van der Waals surface area contributed by atoms with Gasteiger partial charge in [-0.15, -0.1) is 0 Å². The molecule has 1 aromatic rings. The van der Waals surface area contributed by atoms with Crippen molar-refractivity contribution in [3.8, 4) is 17.7 Å². The number of hydrogen-bond donors (Lipinski definition) is 2. The number of carbonyl (C=O) groups is 1. The molecule has 1 aromatic heterocycles. The fourth-order valence-corrected chi connectivity index (χ4v) is 4.77. The number of ether oxygens (including phenoxy) is 1. The molecule has 0 unspecified atom stereocenters. The van der Waals surface area contributed by atoms with Crippen molar-refractivity contribution in [1.29, 1.82) is 0 Å². The molecule has 1 fully saturated rings. The van der Waals surface area contributed by atoms with E-state index in [9.17, 15) is 15.0 Å². The van der Waals surface area contributed by atoms with Crippen molar-refractivity contribution in [2.24, 2.45) is 11.8 Å². The zero-order valence-electron chi connectivity index (χ0n) is 20.5. The Kier molecular flexibility index (Phi) is 9.13. The lowest BCUT2D eigenvalue weighted by atomic mass is 9.89. The average Bonchev–Trinajstić information content (AvgIpc) is 2.80. The first kappa shape index (κ1) is 25.5. The molecule has 1 saturated carbocycles. The van der Waals surface area contributed by atoms with E-state index < -0.39 is 6.10 Å². The summed E-state index contributed by atoms with van der Waals surface area (Å²) in [4.78, 5) is 21.9. The van der Waals surface area contributed by atoms with Crippen LogP contribution in [0.25, 0.3) is 0 Å². The van der Waals surface area contributed by atoms with Crippen LogP contribution in [0.5, 0.6) is 5.88 Å². The molecule has 33 heavy (non-hydrogen) atoms. The highest BCUT2D eigenvalue weighted by atomic mass is 16.5. The number of likely N-dealkylation sites (N-methyl/N-ethyl adjacent to an activating group) is 1. The van der Waals surface area contributed by atoms with E-state index in [1.54, 1.807) is 24.1 Å². The number of hydrogen-bond acceptors (Lipinski definition) is 6. The van der Waals surface area contributed by atoms with Gasteiger partial charge in [0.15, 0.2) is 0 Å². The molecule has 4 atom stereocenters. The standard InChI is InChI=1S/C26H39N3O4/c1-18-14-29(19(2)17-30)26(32)23-12-22(11-10-20(3)31)13-27-25(23)33-24(18)16-28(4)15-21-8-6-5-7-9-21/h12-13,18-21,24,30-31H,5-9,14-17H2,1-4H3/t18-,19-,20-,24+/m1/s1. The van der Waals surface area contributed by atoms with Gasteiger partial charge in [-0.2, -0.15) is 0 Å². The normalized spacial score (nSPS) is 23.6.